The van der Waals surface area contributed by atoms with Crippen molar-refractivity contribution in [1.29, 1.82) is 10.5 Å². The highest BCUT2D eigenvalue weighted by atomic mass is 32.2. The van der Waals surface area contributed by atoms with Crippen LogP contribution >= 0.6 is 36.2 Å². The van der Waals surface area contributed by atoms with Crippen LogP contribution in [0.25, 0.3) is 0 Å². The standard InChI is InChI=1S/C19H20N4O2S.C9H16N4OS2/c1-25-16-9-7-15(8-10-16)22-19(26)23-17(18(24)21-12-11-20)13-14-5-3-2-4-6-14;1-4-11-9(15)12-7(5-16-3)8(14)13(2)6-10/h2-10,17H,12-13H2,1H3,(H,21,24)(H2,22,23,26);7H,4-5H2,1-3H3,(H2,11,12,15). The quantitative estimate of drug-likeness (QED) is 0.101. The zero-order chi connectivity index (χ0) is 31.3. The van der Waals surface area contributed by atoms with Crippen LogP contribution in [0, 0.1) is 22.8 Å². The van der Waals surface area contributed by atoms with Gasteiger partial charge in [0.2, 0.25) is 5.91 Å². The molecule has 14 heteroatoms. The number of thiocarbonyl (C=S) groups is 2. The Morgan fingerprint density at radius 2 is 1.64 bits per heavy atom. The van der Waals surface area contributed by atoms with Crippen molar-refractivity contribution in [1.82, 2.24) is 26.2 Å². The fourth-order valence-electron chi connectivity index (χ4n) is 3.30. The smallest absolute Gasteiger partial charge is 0.258 e. The molecule has 2 aromatic rings. The number of nitrogens with zero attached hydrogens (tertiary/aromatic N) is 3. The van der Waals surface area contributed by atoms with E-state index >= 15 is 0 Å². The summed E-state index contributed by atoms with van der Waals surface area (Å²) in [4.78, 5) is 25.1. The van der Waals surface area contributed by atoms with Crippen LogP contribution in [-0.4, -0.2) is 78.3 Å². The van der Waals surface area contributed by atoms with Crippen LogP contribution in [0.15, 0.2) is 54.6 Å². The molecule has 0 fully saturated rings. The first-order valence-electron chi connectivity index (χ1n) is 12.8. The average molecular weight is 629 g/mol. The van der Waals surface area contributed by atoms with E-state index in [9.17, 15) is 9.59 Å². The largest absolute Gasteiger partial charge is 0.497 e. The second kappa shape index (κ2) is 20.7. The average Bonchev–Trinajstić information content (AvgIpc) is 2.99. The van der Waals surface area contributed by atoms with E-state index in [2.05, 4.69) is 26.6 Å². The number of nitriles is 2. The fourth-order valence-corrected chi connectivity index (χ4v) is 4.41. The van der Waals surface area contributed by atoms with Gasteiger partial charge in [-0.3, -0.25) is 14.5 Å². The lowest BCUT2D eigenvalue weighted by Crippen LogP contribution is -2.50. The number of ether oxygens (including phenoxy) is 1. The lowest BCUT2D eigenvalue weighted by molar-refractivity contribution is -0.128. The molecule has 2 aromatic carbocycles. The van der Waals surface area contributed by atoms with E-state index in [4.69, 9.17) is 39.7 Å². The third-order valence-electron chi connectivity index (χ3n) is 5.35. The van der Waals surface area contributed by atoms with Crippen LogP contribution in [0.4, 0.5) is 5.69 Å². The number of amides is 2. The van der Waals surface area contributed by atoms with Crippen molar-refractivity contribution in [2.24, 2.45) is 0 Å². The summed E-state index contributed by atoms with van der Waals surface area (Å²) in [6.07, 6.45) is 4.12. The van der Waals surface area contributed by atoms with Gasteiger partial charge < -0.3 is 31.3 Å². The molecule has 0 radical (unpaired) electrons. The number of carbonyl (C=O) groups excluding carboxylic acids is 2. The van der Waals surface area contributed by atoms with Crippen LogP contribution in [-0.2, 0) is 16.0 Å². The second-order valence-electron chi connectivity index (χ2n) is 8.45. The molecule has 2 atom stereocenters. The van der Waals surface area contributed by atoms with E-state index in [1.54, 1.807) is 13.3 Å². The lowest BCUT2D eigenvalue weighted by Gasteiger charge is -2.20. The molecule has 5 N–H and O–H groups in total. The number of methoxy groups -OCH3 is 1. The zero-order valence-electron chi connectivity index (χ0n) is 24.0. The molecule has 0 spiro atoms. The molecule has 0 heterocycles. The highest BCUT2D eigenvalue weighted by molar-refractivity contribution is 7.98. The van der Waals surface area contributed by atoms with Crippen LogP contribution in [0.5, 0.6) is 5.75 Å². The number of hydrogen-bond acceptors (Lipinski definition) is 8. The van der Waals surface area contributed by atoms with E-state index in [1.807, 2.05) is 73.8 Å². The van der Waals surface area contributed by atoms with Gasteiger partial charge in [0.15, 0.2) is 16.4 Å². The number of carbonyl (C=O) groups is 2. The van der Waals surface area contributed by atoms with Crippen molar-refractivity contribution >= 4 is 63.9 Å². The summed E-state index contributed by atoms with van der Waals surface area (Å²) in [5.74, 6) is 0.745. The van der Waals surface area contributed by atoms with E-state index in [0.717, 1.165) is 21.9 Å². The third-order valence-corrected chi connectivity index (χ3v) is 6.50. The topological polar surface area (TPSA) is 154 Å². The monoisotopic (exact) mass is 628 g/mol. The minimum atomic E-state index is -0.594. The number of likely N-dealkylation sites (N-methyl/N-ethyl adjacent to an activating group) is 1. The van der Waals surface area contributed by atoms with Gasteiger partial charge in [-0.2, -0.15) is 22.3 Å². The second-order valence-corrected chi connectivity index (χ2v) is 10.2. The summed E-state index contributed by atoms with van der Waals surface area (Å²) in [5, 5.41) is 32.5. The van der Waals surface area contributed by atoms with Crippen molar-refractivity contribution in [2.45, 2.75) is 25.4 Å². The predicted octanol–water partition coefficient (Wildman–Crippen LogP) is 2.37. The first kappa shape index (κ1) is 35.9. The summed E-state index contributed by atoms with van der Waals surface area (Å²) in [6, 6.07) is 17.7. The van der Waals surface area contributed by atoms with Crippen molar-refractivity contribution in [3.8, 4) is 18.0 Å². The molecule has 0 aliphatic rings. The number of nitrogens with one attached hydrogen (secondary N) is 5. The first-order chi connectivity index (χ1) is 20.2. The molecule has 224 valence electrons. The minimum absolute atomic E-state index is 0.0511. The third kappa shape index (κ3) is 14.0. The van der Waals surface area contributed by atoms with Crippen molar-refractivity contribution in [2.75, 3.05) is 44.6 Å². The van der Waals surface area contributed by atoms with Crippen LogP contribution < -0.4 is 31.3 Å². The van der Waals surface area contributed by atoms with Crippen molar-refractivity contribution < 1.29 is 14.3 Å². The Bertz CT molecular complexity index is 1230. The SMILES string of the molecule is CCNC(=S)NC(CSC)C(=O)N(C)C#N.COc1ccc(NC(=S)NC(Cc2ccccc2)C(=O)NCC#N)cc1. The number of benzene rings is 2. The molecule has 0 saturated heterocycles. The Morgan fingerprint density at radius 3 is 2.19 bits per heavy atom. The molecule has 0 bridgehead atoms. The van der Waals surface area contributed by atoms with Gasteiger partial charge in [-0.15, -0.1) is 0 Å². The van der Waals surface area contributed by atoms with E-state index < -0.39 is 12.1 Å². The molecule has 2 rings (SSSR count). The number of thioether (sulfide) groups is 1. The summed E-state index contributed by atoms with van der Waals surface area (Å²) in [6.45, 7) is 2.56. The molecule has 0 aromatic heterocycles. The number of anilines is 1. The van der Waals surface area contributed by atoms with E-state index in [0.29, 0.717) is 28.9 Å². The normalized spacial score (nSPS) is 11.0. The molecule has 0 saturated carbocycles. The lowest BCUT2D eigenvalue weighted by atomic mass is 10.1. The number of rotatable bonds is 12. The Labute approximate surface area is 262 Å². The maximum atomic E-state index is 12.3. The van der Waals surface area contributed by atoms with Gasteiger partial charge in [0.25, 0.3) is 5.91 Å². The van der Waals surface area contributed by atoms with Crippen LogP contribution in [0.2, 0.25) is 0 Å². The van der Waals surface area contributed by atoms with Gasteiger partial charge in [0.05, 0.1) is 13.2 Å². The zero-order valence-corrected chi connectivity index (χ0v) is 26.4. The highest BCUT2D eigenvalue weighted by Gasteiger charge is 2.22. The Hall–Kier alpha value is -4.11. The van der Waals surface area contributed by atoms with Gasteiger partial charge in [-0.1, -0.05) is 30.3 Å². The molecule has 11 nitrogen and oxygen atoms in total. The summed E-state index contributed by atoms with van der Waals surface area (Å²) in [7, 11) is 3.04. The first-order valence-corrected chi connectivity index (χ1v) is 15.0. The maximum Gasteiger partial charge on any atom is 0.258 e. The van der Waals surface area contributed by atoms with Gasteiger partial charge in [0.1, 0.15) is 24.4 Å². The minimum Gasteiger partial charge on any atom is -0.497 e. The van der Waals surface area contributed by atoms with Crippen molar-refractivity contribution in [3.63, 3.8) is 0 Å². The molecule has 42 heavy (non-hydrogen) atoms. The highest BCUT2D eigenvalue weighted by Crippen LogP contribution is 2.15. The van der Waals surface area contributed by atoms with Gasteiger partial charge in [0, 0.05) is 31.5 Å². The van der Waals surface area contributed by atoms with Crippen LogP contribution in [0.3, 0.4) is 0 Å². The maximum absolute atomic E-state index is 12.3. The van der Waals surface area contributed by atoms with Gasteiger partial charge in [-0.25, -0.2) is 0 Å². The summed E-state index contributed by atoms with van der Waals surface area (Å²) < 4.78 is 5.12. The molecule has 0 aliphatic carbocycles. The molecule has 0 aliphatic heterocycles. The Balaban J connectivity index is 0.000000476. The molecule has 2 unspecified atom stereocenters. The Kier molecular flexibility index (Phi) is 17.7. The van der Waals surface area contributed by atoms with Crippen LogP contribution in [0.1, 0.15) is 12.5 Å². The fraction of sp³-hybridized carbons (Fsp3) is 0.357. The number of hydrogen-bond donors (Lipinski definition) is 5. The predicted molar refractivity (Wildman–Crippen MR) is 175 cm³/mol. The van der Waals surface area contributed by atoms with Gasteiger partial charge in [-0.05, 0) is 67.4 Å². The summed E-state index contributed by atoms with van der Waals surface area (Å²) >= 11 is 11.8. The van der Waals surface area contributed by atoms with Crippen molar-refractivity contribution in [3.05, 3.63) is 60.2 Å². The molecular formula is C28H36N8O3S3. The Morgan fingerprint density at radius 1 is 1.00 bits per heavy atom. The van der Waals surface area contributed by atoms with E-state index in [-0.39, 0.29) is 18.4 Å². The van der Waals surface area contributed by atoms with Gasteiger partial charge >= 0.3 is 0 Å². The van der Waals surface area contributed by atoms with E-state index in [1.165, 1.54) is 18.8 Å². The summed E-state index contributed by atoms with van der Waals surface area (Å²) in [5.41, 5.74) is 1.77. The molecule has 2 amide bonds. The molecular weight excluding hydrogens is 593 g/mol.